The Morgan fingerprint density at radius 2 is 0.586 bits per heavy atom. The molecule has 0 spiro atoms. The summed E-state index contributed by atoms with van der Waals surface area (Å²) in [4.78, 5) is 4.73. The Morgan fingerprint density at radius 3 is 1.10 bits per heavy atom. The molecular formula is C93H64N4O2. The zero-order chi connectivity index (χ0) is 65.7. The molecule has 0 saturated carbocycles. The number of hydrogen-bond acceptors (Lipinski definition) is 4. The first-order chi connectivity index (χ1) is 48.9. The van der Waals surface area contributed by atoms with E-state index in [2.05, 4.69) is 372 Å². The fourth-order valence-corrected chi connectivity index (χ4v) is 15.8. The number of nitrogens with zero attached hydrogens (tertiary/aromatic N) is 4. The summed E-state index contributed by atoms with van der Waals surface area (Å²) >= 11 is 0. The fourth-order valence-electron chi connectivity index (χ4n) is 15.8. The smallest absolute Gasteiger partial charge is 0.137 e. The van der Waals surface area contributed by atoms with Crippen molar-refractivity contribution in [3.05, 3.63) is 363 Å². The second-order valence-electron chi connectivity index (χ2n) is 26.3. The summed E-state index contributed by atoms with van der Waals surface area (Å²) in [5.41, 5.74) is 27.0. The third kappa shape index (κ3) is 9.47. The van der Waals surface area contributed by atoms with Gasteiger partial charge in [-0.1, -0.05) is 232 Å². The Labute approximate surface area is 572 Å². The molecule has 0 saturated heterocycles. The summed E-state index contributed by atoms with van der Waals surface area (Å²) in [5, 5.41) is 9.31. The van der Waals surface area contributed by atoms with Crippen molar-refractivity contribution >= 4 is 122 Å². The van der Waals surface area contributed by atoms with Crippen LogP contribution in [0.1, 0.15) is 25.0 Å². The lowest BCUT2D eigenvalue weighted by atomic mass is 9.82. The summed E-state index contributed by atoms with van der Waals surface area (Å²) in [6.07, 6.45) is 0. The average Bonchev–Trinajstić information content (AvgIpc) is 1.58. The Hall–Kier alpha value is -12.9. The van der Waals surface area contributed by atoms with Gasteiger partial charge in [-0.05, 0) is 189 Å². The van der Waals surface area contributed by atoms with Crippen LogP contribution in [-0.4, -0.2) is 9.13 Å². The van der Waals surface area contributed by atoms with Gasteiger partial charge in [-0.2, -0.15) is 0 Å². The molecule has 0 amide bonds. The maximum absolute atomic E-state index is 6.64. The predicted molar refractivity (Wildman–Crippen MR) is 414 cm³/mol. The first-order valence-electron chi connectivity index (χ1n) is 34.0. The summed E-state index contributed by atoms with van der Waals surface area (Å²) < 4.78 is 18.0. The molecule has 6 nitrogen and oxygen atoms in total. The van der Waals surface area contributed by atoms with Crippen LogP contribution in [0, 0.1) is 0 Å². The highest BCUT2D eigenvalue weighted by molar-refractivity contribution is 6.28. The van der Waals surface area contributed by atoms with Crippen molar-refractivity contribution < 1.29 is 8.83 Å². The monoisotopic (exact) mass is 1270 g/mol. The molecule has 6 heteroatoms. The maximum atomic E-state index is 6.64. The molecule has 20 rings (SSSR count). The average molecular weight is 1270 g/mol. The number of aromatic nitrogens is 2. The van der Waals surface area contributed by atoms with E-state index < -0.39 is 0 Å². The summed E-state index contributed by atoms with van der Waals surface area (Å²) in [6.45, 7) is 4.70. The zero-order valence-electron chi connectivity index (χ0n) is 54.6. The zero-order valence-corrected chi connectivity index (χ0v) is 54.6. The van der Waals surface area contributed by atoms with Gasteiger partial charge in [-0.25, -0.2) is 0 Å². The number of rotatable bonds is 10. The van der Waals surface area contributed by atoms with Crippen LogP contribution in [0.5, 0.6) is 0 Å². The molecule has 4 heterocycles. The van der Waals surface area contributed by atoms with Crippen LogP contribution in [0.4, 0.5) is 34.1 Å². The molecule has 4 aromatic heterocycles. The van der Waals surface area contributed by atoms with Crippen molar-refractivity contribution in [2.24, 2.45) is 0 Å². The van der Waals surface area contributed by atoms with E-state index in [1.54, 1.807) is 0 Å². The lowest BCUT2D eigenvalue weighted by molar-refractivity contribution is 0.660. The number of fused-ring (bicyclic) bond motifs is 7. The molecule has 0 unspecified atom stereocenters. The van der Waals surface area contributed by atoms with Gasteiger partial charge >= 0.3 is 0 Å². The molecule has 1 aliphatic carbocycles. The number of hydrogen-bond donors (Lipinski definition) is 0. The van der Waals surface area contributed by atoms with Crippen molar-refractivity contribution in [2.45, 2.75) is 19.3 Å². The van der Waals surface area contributed by atoms with Gasteiger partial charge in [0.15, 0.2) is 0 Å². The molecule has 0 radical (unpaired) electrons. The topological polar surface area (TPSA) is 42.6 Å². The number of benzene rings is 15. The van der Waals surface area contributed by atoms with Crippen LogP contribution in [0.15, 0.2) is 361 Å². The first-order valence-corrected chi connectivity index (χ1v) is 34.0. The van der Waals surface area contributed by atoms with Crippen LogP contribution in [0.3, 0.4) is 0 Å². The predicted octanol–water partition coefficient (Wildman–Crippen LogP) is 25.9. The van der Waals surface area contributed by atoms with E-state index in [1.165, 1.54) is 66.1 Å². The van der Waals surface area contributed by atoms with Gasteiger partial charge in [0.1, 0.15) is 22.3 Å². The lowest BCUT2D eigenvalue weighted by Crippen LogP contribution is -2.16. The molecule has 1 aliphatic rings. The van der Waals surface area contributed by atoms with E-state index in [4.69, 9.17) is 8.83 Å². The van der Waals surface area contributed by atoms with Crippen molar-refractivity contribution in [1.82, 2.24) is 9.13 Å². The van der Waals surface area contributed by atoms with Crippen LogP contribution in [0.2, 0.25) is 0 Å². The number of para-hydroxylation sites is 3. The molecule has 19 aromatic rings. The van der Waals surface area contributed by atoms with Crippen molar-refractivity contribution in [3.63, 3.8) is 0 Å². The summed E-state index contributed by atoms with van der Waals surface area (Å²) in [7, 11) is 0. The molecule has 0 atom stereocenters. The van der Waals surface area contributed by atoms with E-state index in [-0.39, 0.29) is 5.41 Å². The lowest BCUT2D eigenvalue weighted by Gasteiger charge is -2.28. The highest BCUT2D eigenvalue weighted by Crippen LogP contribution is 2.52. The molecule has 99 heavy (non-hydrogen) atoms. The molecular weight excluding hydrogens is 1210 g/mol. The van der Waals surface area contributed by atoms with Gasteiger partial charge in [0.25, 0.3) is 0 Å². The highest BCUT2D eigenvalue weighted by atomic mass is 16.3. The Balaban J connectivity index is 0.000000141. The standard InChI is InChI=1S/C51H36N2O.C42H28N2O/c1-51(2)43-20-8-6-17-39(43)40-30-29-38(32-44(40)51)52(35-27-25-34(26-28-35)33-13-4-3-5-14-33)36-15-10-16-37(31-36)53-45-21-11-19-42-41-18-7-9-23-47(41)54-48-24-12-22-46(53)50(48)49(42)45;1-3-12-29(13-4-1)30-24-26-32(27-25-30)43(31-14-5-2-6-15-31)33-16-9-17-34(28-33)44-37-20-10-19-36-35-18-7-8-22-39(35)45-40-23-11-21-38(44)42(40)41(36)37/h3-32H,1-2H3;1-28H. The van der Waals surface area contributed by atoms with Crippen LogP contribution < -0.4 is 9.80 Å². The van der Waals surface area contributed by atoms with Gasteiger partial charge < -0.3 is 27.8 Å². The minimum atomic E-state index is -0.114. The van der Waals surface area contributed by atoms with E-state index in [0.29, 0.717) is 0 Å². The van der Waals surface area contributed by atoms with Gasteiger partial charge in [-0.3, -0.25) is 0 Å². The molecule has 0 bridgehead atoms. The Morgan fingerprint density at radius 1 is 0.242 bits per heavy atom. The SMILES string of the molecule is CC1(C)c2ccccc2-c2ccc(N(c3ccc(-c4ccccc4)cc3)c3cccc(-n4c5cccc6oc7ccccc7c7cccc4c7c65)c3)cc21.c1ccc(-c2ccc(N(c3ccccc3)c3cccc(-n4c5cccc6oc7ccccc7c7cccc4c7c65)c3)cc2)cc1. The van der Waals surface area contributed by atoms with E-state index in [1.807, 2.05) is 12.1 Å². The van der Waals surface area contributed by atoms with Crippen molar-refractivity contribution in [2.75, 3.05) is 9.80 Å². The molecule has 0 aliphatic heterocycles. The van der Waals surface area contributed by atoms with Gasteiger partial charge in [-0.15, -0.1) is 0 Å². The first kappa shape index (κ1) is 57.5. The molecule has 15 aromatic carbocycles. The van der Waals surface area contributed by atoms with Gasteiger partial charge in [0.05, 0.1) is 32.8 Å². The largest absolute Gasteiger partial charge is 0.456 e. The number of anilines is 6. The molecule has 0 N–H and O–H groups in total. The minimum Gasteiger partial charge on any atom is -0.456 e. The quantitative estimate of drug-likeness (QED) is 0.137. The Kier molecular flexibility index (Phi) is 13.5. The third-order valence-electron chi connectivity index (χ3n) is 20.3. The summed E-state index contributed by atoms with van der Waals surface area (Å²) in [6, 6.07) is 126. The summed E-state index contributed by atoms with van der Waals surface area (Å²) in [5.74, 6) is 0. The maximum Gasteiger partial charge on any atom is 0.137 e. The minimum absolute atomic E-state index is 0.114. The van der Waals surface area contributed by atoms with Gasteiger partial charge in [0, 0.05) is 72.5 Å². The third-order valence-corrected chi connectivity index (χ3v) is 20.3. The van der Waals surface area contributed by atoms with Crippen LogP contribution in [0.25, 0.3) is 132 Å². The van der Waals surface area contributed by atoms with E-state index >= 15 is 0 Å². The fraction of sp³-hybridized carbons (Fsp3) is 0.0323. The van der Waals surface area contributed by atoms with Crippen molar-refractivity contribution in [3.8, 4) is 44.8 Å². The molecule has 0 fully saturated rings. The van der Waals surface area contributed by atoms with Crippen LogP contribution >= 0.6 is 0 Å². The van der Waals surface area contributed by atoms with Crippen LogP contribution in [-0.2, 0) is 5.41 Å². The highest BCUT2D eigenvalue weighted by Gasteiger charge is 2.36. The second-order valence-corrected chi connectivity index (χ2v) is 26.3. The molecule has 468 valence electrons. The van der Waals surface area contributed by atoms with Gasteiger partial charge in [0.2, 0.25) is 0 Å². The van der Waals surface area contributed by atoms with Crippen molar-refractivity contribution in [1.29, 1.82) is 0 Å². The van der Waals surface area contributed by atoms with E-state index in [0.717, 1.165) is 111 Å². The normalized spacial score (nSPS) is 12.4. The Bertz CT molecular complexity index is 6320. The second kappa shape index (κ2) is 23.2. The van der Waals surface area contributed by atoms with E-state index in [9.17, 15) is 0 Å².